The molecular formula is C17H12BrFN4O3. The lowest BCUT2D eigenvalue weighted by Gasteiger charge is -2.04. The smallest absolute Gasteiger partial charge is 0.282 e. The number of hydrogen-bond acceptors (Lipinski definition) is 4. The molecule has 1 heterocycles. The Bertz CT molecular complexity index is 972. The Labute approximate surface area is 155 Å². The summed E-state index contributed by atoms with van der Waals surface area (Å²) in [5.74, 6) is -0.729. The second kappa shape index (κ2) is 7.44. The van der Waals surface area contributed by atoms with Gasteiger partial charge in [0, 0.05) is 12.3 Å². The second-order valence-corrected chi connectivity index (χ2v) is 6.23. The van der Waals surface area contributed by atoms with E-state index >= 15 is 0 Å². The van der Waals surface area contributed by atoms with Crippen LogP contribution in [-0.2, 0) is 6.54 Å². The summed E-state index contributed by atoms with van der Waals surface area (Å²) in [5, 5.41) is 17.8. The van der Waals surface area contributed by atoms with Crippen molar-refractivity contribution in [3.05, 3.63) is 86.3 Å². The van der Waals surface area contributed by atoms with Gasteiger partial charge in [-0.2, -0.15) is 5.10 Å². The minimum atomic E-state index is -0.634. The molecule has 0 saturated heterocycles. The first-order valence-corrected chi connectivity index (χ1v) is 8.25. The maximum absolute atomic E-state index is 13.0. The third-order valence-electron chi connectivity index (χ3n) is 3.55. The third-order valence-corrected chi connectivity index (χ3v) is 4.13. The highest BCUT2D eigenvalue weighted by atomic mass is 79.9. The number of para-hydroxylation sites is 1. The predicted molar refractivity (Wildman–Crippen MR) is 96.5 cm³/mol. The number of nitro groups is 1. The van der Waals surface area contributed by atoms with Crippen LogP contribution in [0, 0.1) is 15.9 Å². The summed E-state index contributed by atoms with van der Waals surface area (Å²) in [4.78, 5) is 22.8. The number of carbonyl (C=O) groups excluding carboxylic acids is 1. The first-order valence-electron chi connectivity index (χ1n) is 7.46. The van der Waals surface area contributed by atoms with Crippen LogP contribution >= 0.6 is 15.9 Å². The number of aromatic nitrogens is 2. The van der Waals surface area contributed by atoms with Crippen molar-refractivity contribution < 1.29 is 14.1 Å². The molecule has 0 fully saturated rings. The number of benzene rings is 2. The van der Waals surface area contributed by atoms with Gasteiger partial charge in [-0.15, -0.1) is 0 Å². The molecule has 7 nitrogen and oxygen atoms in total. The van der Waals surface area contributed by atoms with Gasteiger partial charge in [-0.25, -0.2) is 4.39 Å². The van der Waals surface area contributed by atoms with Crippen LogP contribution in [0.2, 0.25) is 0 Å². The van der Waals surface area contributed by atoms with E-state index in [1.807, 2.05) is 0 Å². The van der Waals surface area contributed by atoms with Crippen molar-refractivity contribution >= 4 is 33.3 Å². The van der Waals surface area contributed by atoms with Gasteiger partial charge in [0.15, 0.2) is 5.82 Å². The maximum Gasteiger partial charge on any atom is 0.282 e. The van der Waals surface area contributed by atoms with E-state index in [1.165, 1.54) is 30.3 Å². The highest BCUT2D eigenvalue weighted by Crippen LogP contribution is 2.24. The quantitative estimate of drug-likeness (QED) is 0.500. The number of nitro benzene ring substituents is 1. The monoisotopic (exact) mass is 418 g/mol. The van der Waals surface area contributed by atoms with Crippen LogP contribution < -0.4 is 5.32 Å². The van der Waals surface area contributed by atoms with E-state index in [9.17, 15) is 19.3 Å². The summed E-state index contributed by atoms with van der Waals surface area (Å²) in [5.41, 5.74) is 0.488. The number of hydrogen-bond donors (Lipinski definition) is 1. The van der Waals surface area contributed by atoms with Gasteiger partial charge in [-0.3, -0.25) is 19.6 Å². The second-order valence-electron chi connectivity index (χ2n) is 5.38. The Morgan fingerprint density at radius 1 is 1.23 bits per heavy atom. The summed E-state index contributed by atoms with van der Waals surface area (Å²) in [6, 6.07) is 11.6. The summed E-state index contributed by atoms with van der Waals surface area (Å²) >= 11 is 3.30. The average molecular weight is 419 g/mol. The van der Waals surface area contributed by atoms with Gasteiger partial charge < -0.3 is 5.32 Å². The Morgan fingerprint density at radius 3 is 2.62 bits per heavy atom. The molecule has 26 heavy (non-hydrogen) atoms. The molecule has 3 rings (SSSR count). The SMILES string of the molecule is O=C(Nc1nn(Cc2ccc(F)cc2)cc1Br)c1ccccc1[N+](=O)[O-]. The zero-order chi connectivity index (χ0) is 18.7. The average Bonchev–Trinajstić information content (AvgIpc) is 2.96. The van der Waals surface area contributed by atoms with Crippen molar-refractivity contribution in [1.82, 2.24) is 9.78 Å². The van der Waals surface area contributed by atoms with Crippen molar-refractivity contribution in [2.75, 3.05) is 5.32 Å². The number of nitrogens with zero attached hydrogens (tertiary/aromatic N) is 3. The molecule has 9 heteroatoms. The van der Waals surface area contributed by atoms with Crippen molar-refractivity contribution in [2.24, 2.45) is 0 Å². The zero-order valence-corrected chi connectivity index (χ0v) is 14.8. The Hall–Kier alpha value is -3.07. The van der Waals surface area contributed by atoms with Crippen LogP contribution in [0.3, 0.4) is 0 Å². The summed E-state index contributed by atoms with van der Waals surface area (Å²) in [7, 11) is 0. The number of amides is 1. The molecule has 2 aromatic carbocycles. The van der Waals surface area contributed by atoms with E-state index in [0.717, 1.165) is 5.56 Å². The van der Waals surface area contributed by atoms with Gasteiger partial charge in [-0.1, -0.05) is 24.3 Å². The largest absolute Gasteiger partial charge is 0.304 e. The molecule has 1 amide bonds. The summed E-state index contributed by atoms with van der Waals surface area (Å²) < 4.78 is 15.0. The van der Waals surface area contributed by atoms with E-state index in [2.05, 4.69) is 26.3 Å². The van der Waals surface area contributed by atoms with E-state index in [1.54, 1.807) is 29.1 Å². The molecule has 1 N–H and O–H groups in total. The fraction of sp³-hybridized carbons (Fsp3) is 0.0588. The summed E-state index contributed by atoms with van der Waals surface area (Å²) in [6.45, 7) is 0.375. The van der Waals surface area contributed by atoms with Crippen LogP contribution in [0.4, 0.5) is 15.9 Å². The molecule has 1 aromatic heterocycles. The van der Waals surface area contributed by atoms with Gasteiger partial charge in [-0.05, 0) is 39.7 Å². The molecule has 0 aliphatic carbocycles. The first-order chi connectivity index (χ1) is 12.4. The molecule has 0 aliphatic heterocycles. The molecule has 0 unspecified atom stereocenters. The van der Waals surface area contributed by atoms with E-state index in [0.29, 0.717) is 11.0 Å². The van der Waals surface area contributed by atoms with Crippen LogP contribution in [-0.4, -0.2) is 20.6 Å². The minimum absolute atomic E-state index is 0.0579. The number of anilines is 1. The van der Waals surface area contributed by atoms with Gasteiger partial charge in [0.25, 0.3) is 11.6 Å². The van der Waals surface area contributed by atoms with Gasteiger partial charge in [0.2, 0.25) is 0 Å². The maximum atomic E-state index is 13.0. The predicted octanol–water partition coefficient (Wildman–Crippen LogP) is 3.99. The molecule has 0 atom stereocenters. The number of carbonyl (C=O) groups is 1. The number of nitrogens with one attached hydrogen (secondary N) is 1. The summed E-state index contributed by atoms with van der Waals surface area (Å²) in [6.07, 6.45) is 1.65. The van der Waals surface area contributed by atoms with Crippen LogP contribution in [0.25, 0.3) is 0 Å². The lowest BCUT2D eigenvalue weighted by molar-refractivity contribution is -0.385. The lowest BCUT2D eigenvalue weighted by atomic mass is 10.1. The van der Waals surface area contributed by atoms with E-state index in [4.69, 9.17) is 0 Å². The lowest BCUT2D eigenvalue weighted by Crippen LogP contribution is -2.15. The Morgan fingerprint density at radius 2 is 1.92 bits per heavy atom. The van der Waals surface area contributed by atoms with Crippen molar-refractivity contribution in [3.63, 3.8) is 0 Å². The van der Waals surface area contributed by atoms with Crippen LogP contribution in [0.5, 0.6) is 0 Å². The third kappa shape index (κ3) is 3.94. The molecule has 0 saturated carbocycles. The number of rotatable bonds is 5. The van der Waals surface area contributed by atoms with Gasteiger partial charge >= 0.3 is 0 Å². The topological polar surface area (TPSA) is 90.1 Å². The fourth-order valence-electron chi connectivity index (χ4n) is 2.34. The first kappa shape index (κ1) is 17.7. The van der Waals surface area contributed by atoms with Gasteiger partial charge in [0.05, 0.1) is 15.9 Å². The molecule has 0 aliphatic rings. The van der Waals surface area contributed by atoms with E-state index < -0.39 is 10.8 Å². The van der Waals surface area contributed by atoms with Crippen molar-refractivity contribution in [2.45, 2.75) is 6.54 Å². The van der Waals surface area contributed by atoms with Crippen molar-refractivity contribution in [3.8, 4) is 0 Å². The van der Waals surface area contributed by atoms with Crippen molar-refractivity contribution in [1.29, 1.82) is 0 Å². The normalized spacial score (nSPS) is 10.5. The Kier molecular flexibility index (Phi) is 5.08. The molecule has 0 spiro atoms. The molecule has 0 radical (unpaired) electrons. The molecule has 0 bridgehead atoms. The van der Waals surface area contributed by atoms with Crippen LogP contribution in [0.15, 0.2) is 59.2 Å². The fourth-order valence-corrected chi connectivity index (χ4v) is 2.75. The Balaban J connectivity index is 1.78. The zero-order valence-electron chi connectivity index (χ0n) is 13.2. The molecule has 3 aromatic rings. The number of halogens is 2. The minimum Gasteiger partial charge on any atom is -0.304 e. The van der Waals surface area contributed by atoms with E-state index in [-0.39, 0.29) is 22.9 Å². The molecule has 132 valence electrons. The van der Waals surface area contributed by atoms with Gasteiger partial charge in [0.1, 0.15) is 11.4 Å². The highest BCUT2D eigenvalue weighted by Gasteiger charge is 2.21. The molecular weight excluding hydrogens is 407 g/mol. The van der Waals surface area contributed by atoms with Crippen LogP contribution in [0.1, 0.15) is 15.9 Å². The highest BCUT2D eigenvalue weighted by molar-refractivity contribution is 9.10. The standard InChI is InChI=1S/C17H12BrFN4O3/c18-14-10-22(9-11-5-7-12(19)8-6-11)21-16(14)20-17(24)13-3-1-2-4-15(13)23(25)26/h1-8,10H,9H2,(H,20,21,24).